The van der Waals surface area contributed by atoms with E-state index in [0.717, 1.165) is 50.5 Å². The molecule has 3 aromatic rings. The van der Waals surface area contributed by atoms with Crippen molar-refractivity contribution < 1.29 is 9.90 Å². The second kappa shape index (κ2) is 9.02. The number of carbonyl (C=O) groups is 1. The number of aromatic nitrogens is 3. The lowest BCUT2D eigenvalue weighted by Crippen LogP contribution is -2.38. The van der Waals surface area contributed by atoms with Gasteiger partial charge in [-0.25, -0.2) is 14.8 Å². The normalized spacial score (nSPS) is 15.1. The zero-order valence-electron chi connectivity index (χ0n) is 17.0. The van der Waals surface area contributed by atoms with Gasteiger partial charge >= 0.3 is 5.97 Å². The molecule has 4 rings (SSSR count). The summed E-state index contributed by atoms with van der Waals surface area (Å²) in [6, 6.07) is 6.05. The number of hydrogen-bond donors (Lipinski definition) is 2. The highest BCUT2D eigenvalue weighted by atomic mass is 35.5. The summed E-state index contributed by atoms with van der Waals surface area (Å²) in [6.07, 6.45) is 8.05. The van der Waals surface area contributed by atoms with Crippen LogP contribution in [0.3, 0.4) is 0 Å². The monoisotopic (exact) mass is 427 g/mol. The maximum Gasteiger partial charge on any atom is 0.338 e. The molecular weight excluding hydrogens is 402 g/mol. The van der Waals surface area contributed by atoms with Crippen LogP contribution < -0.4 is 10.2 Å². The number of aryl methyl sites for hydroxylation is 1. The van der Waals surface area contributed by atoms with Crippen LogP contribution in [0.2, 0.25) is 5.02 Å². The van der Waals surface area contributed by atoms with Gasteiger partial charge in [-0.15, -0.1) is 0 Å². The third kappa shape index (κ3) is 4.57. The van der Waals surface area contributed by atoms with Gasteiger partial charge in [-0.2, -0.15) is 0 Å². The Hall–Kier alpha value is -2.64. The van der Waals surface area contributed by atoms with E-state index in [1.54, 1.807) is 0 Å². The van der Waals surface area contributed by atoms with Crippen molar-refractivity contribution in [1.29, 1.82) is 0 Å². The lowest BCUT2D eigenvalue weighted by Gasteiger charge is -2.32. The van der Waals surface area contributed by atoms with Gasteiger partial charge in [-0.05, 0) is 62.0 Å². The molecule has 1 aromatic carbocycles. The Kier molecular flexibility index (Phi) is 6.20. The summed E-state index contributed by atoms with van der Waals surface area (Å²) in [5.41, 5.74) is 2.64. The molecule has 0 radical (unpaired) electrons. The van der Waals surface area contributed by atoms with Crippen LogP contribution in [-0.4, -0.2) is 51.8 Å². The van der Waals surface area contributed by atoms with Gasteiger partial charge in [0.1, 0.15) is 0 Å². The van der Waals surface area contributed by atoms with Crippen LogP contribution >= 0.6 is 11.6 Å². The number of nitrogens with one attached hydrogen (secondary N) is 1. The van der Waals surface area contributed by atoms with Gasteiger partial charge in [0.25, 0.3) is 0 Å². The highest BCUT2D eigenvalue weighted by molar-refractivity contribution is 6.31. The second-order valence-corrected chi connectivity index (χ2v) is 8.32. The van der Waals surface area contributed by atoms with Crippen molar-refractivity contribution in [3.8, 4) is 0 Å². The fourth-order valence-corrected chi connectivity index (χ4v) is 4.28. The number of rotatable bonds is 7. The summed E-state index contributed by atoms with van der Waals surface area (Å²) in [6.45, 7) is 3.71. The predicted molar refractivity (Wildman–Crippen MR) is 118 cm³/mol. The highest BCUT2D eigenvalue weighted by Crippen LogP contribution is 2.25. The third-order valence-electron chi connectivity index (χ3n) is 5.82. The van der Waals surface area contributed by atoms with Gasteiger partial charge in [0.15, 0.2) is 0 Å². The van der Waals surface area contributed by atoms with E-state index >= 15 is 0 Å². The molecule has 0 aliphatic carbocycles. The van der Waals surface area contributed by atoms with Crippen molar-refractivity contribution in [3.05, 3.63) is 52.9 Å². The van der Waals surface area contributed by atoms with Gasteiger partial charge < -0.3 is 19.9 Å². The summed E-state index contributed by atoms with van der Waals surface area (Å²) in [4.78, 5) is 21.4. The van der Waals surface area contributed by atoms with Crippen LogP contribution in [0.4, 0.5) is 5.95 Å². The average molecular weight is 428 g/mol. The molecule has 7 nitrogen and oxygen atoms in total. The first-order valence-electron chi connectivity index (χ1n) is 10.3. The van der Waals surface area contributed by atoms with Crippen LogP contribution in [0.5, 0.6) is 0 Å². The first-order valence-corrected chi connectivity index (χ1v) is 10.6. The maximum absolute atomic E-state index is 10.9. The molecule has 0 bridgehead atoms. The smallest absolute Gasteiger partial charge is 0.338 e. The molecule has 1 aliphatic heterocycles. The molecule has 0 atom stereocenters. The van der Waals surface area contributed by atoms with Gasteiger partial charge in [0.2, 0.25) is 5.95 Å². The van der Waals surface area contributed by atoms with Gasteiger partial charge in [0, 0.05) is 54.7 Å². The number of carboxylic acids is 1. The largest absolute Gasteiger partial charge is 0.478 e. The fourth-order valence-electron chi connectivity index (χ4n) is 4.11. The van der Waals surface area contributed by atoms with Crippen LogP contribution in [0, 0.1) is 5.92 Å². The zero-order chi connectivity index (χ0) is 21.1. The van der Waals surface area contributed by atoms with Gasteiger partial charge in [-0.1, -0.05) is 11.6 Å². The number of nitrogens with zero attached hydrogens (tertiary/aromatic N) is 4. The van der Waals surface area contributed by atoms with Gasteiger partial charge in [-0.3, -0.25) is 0 Å². The summed E-state index contributed by atoms with van der Waals surface area (Å²) in [5.74, 6) is 0.237. The van der Waals surface area contributed by atoms with E-state index in [-0.39, 0.29) is 5.56 Å². The van der Waals surface area contributed by atoms with E-state index in [2.05, 4.69) is 44.1 Å². The van der Waals surface area contributed by atoms with E-state index in [4.69, 9.17) is 16.7 Å². The SMILES string of the molecule is Cn1cc(CCNCC2CCN(c3ncc(C(=O)O)cn3)CC2)c2cc(Cl)ccc21. The van der Waals surface area contributed by atoms with Crippen molar-refractivity contribution >= 4 is 34.4 Å². The number of hydrogen-bond acceptors (Lipinski definition) is 5. The Labute approximate surface area is 180 Å². The maximum atomic E-state index is 10.9. The molecule has 30 heavy (non-hydrogen) atoms. The molecule has 3 heterocycles. The van der Waals surface area contributed by atoms with E-state index in [0.29, 0.717) is 11.9 Å². The van der Waals surface area contributed by atoms with E-state index in [9.17, 15) is 4.79 Å². The number of benzene rings is 1. The highest BCUT2D eigenvalue weighted by Gasteiger charge is 2.21. The molecule has 8 heteroatoms. The van der Waals surface area contributed by atoms with Gasteiger partial charge in [0.05, 0.1) is 5.56 Å². The Balaban J connectivity index is 1.23. The lowest BCUT2D eigenvalue weighted by molar-refractivity contribution is 0.0696. The van der Waals surface area contributed by atoms with Crippen LogP contribution in [0.15, 0.2) is 36.8 Å². The number of aromatic carboxylic acids is 1. The molecule has 158 valence electrons. The number of piperidine rings is 1. The predicted octanol–water partition coefficient (Wildman–Crippen LogP) is 3.37. The molecule has 0 unspecified atom stereocenters. The van der Waals surface area contributed by atoms with E-state index < -0.39 is 5.97 Å². The molecule has 0 amide bonds. The lowest BCUT2D eigenvalue weighted by atomic mass is 9.97. The molecule has 1 aliphatic rings. The first kappa shape index (κ1) is 20.6. The molecule has 0 spiro atoms. The number of fused-ring (bicyclic) bond motifs is 1. The second-order valence-electron chi connectivity index (χ2n) is 7.89. The quantitative estimate of drug-likeness (QED) is 0.562. The number of carboxylic acid groups (broad SMARTS) is 1. The van der Waals surface area contributed by atoms with Crippen molar-refractivity contribution in [2.24, 2.45) is 13.0 Å². The standard InChI is InChI=1S/C22H26ClN5O2/c1-27-14-16(19-10-18(23)2-3-20(19)27)4-7-24-11-15-5-8-28(9-6-15)22-25-12-17(13-26-22)21(29)30/h2-3,10,12-15,24H,4-9,11H2,1H3,(H,29,30). The van der Waals surface area contributed by atoms with Crippen LogP contribution in [-0.2, 0) is 13.5 Å². The van der Waals surface area contributed by atoms with E-state index in [1.165, 1.54) is 28.9 Å². The molecule has 2 N–H and O–H groups in total. The van der Waals surface area contributed by atoms with Crippen LogP contribution in [0.25, 0.3) is 10.9 Å². The molecule has 2 aromatic heterocycles. The summed E-state index contributed by atoms with van der Waals surface area (Å²) in [5, 5.41) is 14.6. The third-order valence-corrected chi connectivity index (χ3v) is 6.06. The van der Waals surface area contributed by atoms with Crippen molar-refractivity contribution in [2.45, 2.75) is 19.3 Å². The number of anilines is 1. The zero-order valence-corrected chi connectivity index (χ0v) is 17.8. The van der Waals surface area contributed by atoms with Crippen LogP contribution in [0.1, 0.15) is 28.8 Å². The minimum absolute atomic E-state index is 0.117. The summed E-state index contributed by atoms with van der Waals surface area (Å²) >= 11 is 6.18. The van der Waals surface area contributed by atoms with Crippen molar-refractivity contribution in [2.75, 3.05) is 31.1 Å². The average Bonchev–Trinajstić information content (AvgIpc) is 3.06. The Morgan fingerprint density at radius 3 is 2.70 bits per heavy atom. The molecule has 1 saturated heterocycles. The Morgan fingerprint density at radius 2 is 2.00 bits per heavy atom. The number of halogens is 1. The fraction of sp³-hybridized carbons (Fsp3) is 0.409. The van der Waals surface area contributed by atoms with Crippen molar-refractivity contribution in [1.82, 2.24) is 19.9 Å². The van der Waals surface area contributed by atoms with E-state index in [1.807, 2.05) is 12.1 Å². The van der Waals surface area contributed by atoms with Crippen molar-refractivity contribution in [3.63, 3.8) is 0 Å². The summed E-state index contributed by atoms with van der Waals surface area (Å²) in [7, 11) is 2.07. The molecule has 0 saturated carbocycles. The first-order chi connectivity index (χ1) is 14.5. The molecular formula is C22H26ClN5O2. The Morgan fingerprint density at radius 1 is 1.27 bits per heavy atom. The topological polar surface area (TPSA) is 83.3 Å². The Bertz CT molecular complexity index is 1030. The summed E-state index contributed by atoms with van der Waals surface area (Å²) < 4.78 is 2.15. The minimum Gasteiger partial charge on any atom is -0.478 e. The molecule has 1 fully saturated rings. The minimum atomic E-state index is -1.00.